The van der Waals surface area contributed by atoms with Crippen molar-refractivity contribution in [2.75, 3.05) is 39.3 Å². The van der Waals surface area contributed by atoms with Crippen LogP contribution < -0.4 is 5.46 Å². The summed E-state index contributed by atoms with van der Waals surface area (Å²) in [7, 11) is 0. The zero-order valence-corrected chi connectivity index (χ0v) is 83.2. The molecule has 0 radical (unpaired) electrons. The Balaban J connectivity index is 0.00000144. The van der Waals surface area contributed by atoms with Crippen molar-refractivity contribution in [1.29, 1.82) is 0 Å². The Hall–Kier alpha value is -11.2. The molecular weight excluding hydrogens is 1550 g/mol. The van der Waals surface area contributed by atoms with Gasteiger partial charge in [0.05, 0.1) is 33.9 Å². The predicted octanol–water partition coefficient (Wildman–Crippen LogP) is 27.9. The maximum absolute atomic E-state index is 12.7. The van der Waals surface area contributed by atoms with Crippen molar-refractivity contribution in [3.8, 4) is 45.0 Å². The van der Waals surface area contributed by atoms with Crippen LogP contribution in [0.25, 0.3) is 45.0 Å². The molecule has 6 aromatic heterocycles. The first-order valence-electron chi connectivity index (χ1n) is 45.2. The van der Waals surface area contributed by atoms with Gasteiger partial charge in [0.25, 0.3) is 17.7 Å². The maximum atomic E-state index is 12.7. The van der Waals surface area contributed by atoms with Crippen molar-refractivity contribution in [2.24, 2.45) is 0 Å². The Bertz CT molecular complexity index is 4970. The van der Waals surface area contributed by atoms with Crippen LogP contribution in [-0.2, 0) is 0 Å². The summed E-state index contributed by atoms with van der Waals surface area (Å²) in [6.45, 7) is 82.1. The van der Waals surface area contributed by atoms with Gasteiger partial charge in [0.2, 0.25) is 0 Å². The second-order valence-corrected chi connectivity index (χ2v) is 30.0. The Morgan fingerprint density at radius 2 is 0.508 bits per heavy atom. The van der Waals surface area contributed by atoms with Gasteiger partial charge in [-0.15, -0.1) is 0 Å². The molecule has 2 aliphatic carbocycles. The number of hydrogen-bond donors (Lipinski definition) is 0. The van der Waals surface area contributed by atoms with Gasteiger partial charge in [-0.3, -0.25) is 53.9 Å². The first kappa shape index (κ1) is 115. The van der Waals surface area contributed by atoms with E-state index in [2.05, 4.69) is 137 Å². The molecule has 5 aromatic carbocycles. The molecule has 0 aliphatic heterocycles. The van der Waals surface area contributed by atoms with Gasteiger partial charge in [0.1, 0.15) is 0 Å². The number of rotatable bonds is 12. The third-order valence-electron chi connectivity index (χ3n) is 22.5. The van der Waals surface area contributed by atoms with Crippen LogP contribution in [-0.4, -0.2) is 120 Å². The minimum atomic E-state index is 0. The smallest absolute Gasteiger partial charge is 0.254 e. The van der Waals surface area contributed by atoms with E-state index in [1.807, 2.05) is 316 Å². The quantitative estimate of drug-likeness (QED) is 0.107. The molecule has 0 unspecified atom stereocenters. The minimum absolute atomic E-state index is 0. The number of carbonyl (C=O) groups excluding carboxylic acids is 5. The Labute approximate surface area is 764 Å². The summed E-state index contributed by atoms with van der Waals surface area (Å²) in [6, 6.07) is 47.1. The Kier molecular flexibility index (Phi) is 51.7. The summed E-state index contributed by atoms with van der Waals surface area (Å²) >= 11 is 0. The van der Waals surface area contributed by atoms with Crippen molar-refractivity contribution in [3.63, 3.8) is 0 Å². The van der Waals surface area contributed by atoms with Gasteiger partial charge >= 0.3 is 0 Å². The molecule has 3 amide bonds. The summed E-state index contributed by atoms with van der Waals surface area (Å²) in [5.74, 6) is 0.512. The summed E-state index contributed by atoms with van der Waals surface area (Å²) in [4.78, 5) is 95.1. The van der Waals surface area contributed by atoms with Crippen LogP contribution in [0.2, 0.25) is 13.6 Å². The van der Waals surface area contributed by atoms with Crippen LogP contribution in [0.15, 0.2) is 146 Å². The standard InChI is InChI=1S/2C19H24N2O.2C15H13NO.C13H20BNO.2C9H13N.5C2H6.2CH4/c2*1-6-21(7-2)19(22)17-11-9-8-10-16(17)18-12-13(3)14(4)15(5)20-18;2*1-8-9(2)13-14(16-10(8)3)11-6-4-5-7-12(11)15(13)17;1-5-15(6-2)13(16)11-9-7-8-10-12(11)14(3)4;2*1-6-5-7(2)10-9(4)8(6)3;5*1-2;;/h2*8-12H,6-7H2,1-5H3;2*4-7H,1-3H3;7-10H,5-6H2,1-4H3;2*5H,1-4H3;5*1-2H3;2*1H4. The number of nitrogens with zero attached hydrogens (tertiary/aromatic N) is 9. The molecule has 2 aliphatic rings. The fourth-order valence-corrected chi connectivity index (χ4v) is 14.1. The van der Waals surface area contributed by atoms with Crippen LogP contribution in [0.1, 0.15) is 301 Å². The van der Waals surface area contributed by atoms with E-state index in [0.29, 0.717) is 32.9 Å². The van der Waals surface area contributed by atoms with Gasteiger partial charge in [0.15, 0.2) is 18.3 Å². The SMILES string of the molecule is C.C.CC.CC.CC.CC.CC.CCN(CC)C(=O)c1ccccc1-c1cc(C)c(C)c(C)n1.CCN(CC)C(=O)c1ccccc1-c1cc(C)c(C)c(C)n1.CCN(CC)C(=O)c1ccccc1B(C)C.Cc1cc(C)c(C)c(C)n1.Cc1cc(C)c(C)c(C)n1.Cc1nc2c(c(C)c1C)C(=O)c1ccccc1-2.Cc1nc2c(c(C)c1C)C(=O)c1ccccc1-2. The summed E-state index contributed by atoms with van der Waals surface area (Å²) in [5, 5.41) is 0. The maximum Gasteiger partial charge on any atom is 0.254 e. The lowest BCUT2D eigenvalue weighted by molar-refractivity contribution is 0.0765. The molecule has 0 atom stereocenters. The Morgan fingerprint density at radius 3 is 0.778 bits per heavy atom. The summed E-state index contributed by atoms with van der Waals surface area (Å²) in [5.41, 5.74) is 36.8. The third-order valence-corrected chi connectivity index (χ3v) is 22.5. The third kappa shape index (κ3) is 29.2. The number of amides is 3. The molecule has 13 rings (SSSR count). The molecular formula is C111H158BN9O5. The van der Waals surface area contributed by atoms with E-state index in [-0.39, 0.29) is 44.1 Å². The van der Waals surface area contributed by atoms with Crippen LogP contribution in [0, 0.1) is 138 Å². The molecule has 0 N–H and O–H groups in total. The zero-order chi connectivity index (χ0) is 94.4. The predicted molar refractivity (Wildman–Crippen MR) is 544 cm³/mol. The van der Waals surface area contributed by atoms with Crippen molar-refractivity contribution in [3.05, 3.63) is 297 Å². The average Bonchev–Trinajstić information content (AvgIpc) is 1.60. The number of hydrogen-bond acceptors (Lipinski definition) is 11. The van der Waals surface area contributed by atoms with Gasteiger partial charge in [-0.05, 0) is 283 Å². The second-order valence-electron chi connectivity index (χ2n) is 30.0. The number of benzene rings is 5. The van der Waals surface area contributed by atoms with E-state index in [0.717, 1.165) is 170 Å². The van der Waals surface area contributed by atoms with Gasteiger partial charge in [-0.2, -0.15) is 0 Å². The highest BCUT2D eigenvalue weighted by Gasteiger charge is 2.32. The fraction of sp³-hybridized carbons (Fsp3) is 0.414. The monoisotopic (exact) mass is 1710 g/mol. The van der Waals surface area contributed by atoms with Crippen LogP contribution >= 0.6 is 0 Å². The van der Waals surface area contributed by atoms with E-state index < -0.39 is 0 Å². The number of pyridine rings is 6. The molecule has 11 aromatic rings. The average molecular weight is 1710 g/mol. The highest BCUT2D eigenvalue weighted by Crippen LogP contribution is 2.40. The van der Waals surface area contributed by atoms with Crippen molar-refractivity contribution in [1.82, 2.24) is 44.6 Å². The molecule has 0 saturated carbocycles. The highest BCUT2D eigenvalue weighted by atomic mass is 16.2. The fourth-order valence-electron chi connectivity index (χ4n) is 14.1. The lowest BCUT2D eigenvalue weighted by Crippen LogP contribution is -2.37. The number of carbonyl (C=O) groups is 5. The van der Waals surface area contributed by atoms with Crippen LogP contribution in [0.4, 0.5) is 0 Å². The summed E-state index contributed by atoms with van der Waals surface area (Å²) in [6.07, 6.45) is 0. The zero-order valence-electron chi connectivity index (χ0n) is 83.2. The molecule has 0 saturated heterocycles. The molecule has 15 heteroatoms. The second kappa shape index (κ2) is 56.7. The minimum Gasteiger partial charge on any atom is -0.339 e. The van der Waals surface area contributed by atoms with E-state index in [9.17, 15) is 24.0 Å². The molecule has 126 heavy (non-hydrogen) atoms. The lowest BCUT2D eigenvalue weighted by Gasteiger charge is -2.21. The van der Waals surface area contributed by atoms with Crippen molar-refractivity contribution >= 4 is 41.5 Å². The van der Waals surface area contributed by atoms with Gasteiger partial charge < -0.3 is 14.7 Å². The number of fused-ring (bicyclic) bond motifs is 6. The van der Waals surface area contributed by atoms with E-state index in [1.54, 1.807) is 0 Å². The first-order chi connectivity index (χ1) is 59.0. The first-order valence-corrected chi connectivity index (χ1v) is 45.2. The molecule has 0 fully saturated rings. The number of ketones is 2. The lowest BCUT2D eigenvalue weighted by atomic mass is 9.48. The molecule has 0 bridgehead atoms. The molecule has 0 spiro atoms. The summed E-state index contributed by atoms with van der Waals surface area (Å²) < 4.78 is 0. The number of aromatic nitrogens is 6. The van der Waals surface area contributed by atoms with E-state index in [4.69, 9.17) is 0 Å². The van der Waals surface area contributed by atoms with E-state index in [1.165, 1.54) is 44.5 Å². The van der Waals surface area contributed by atoms with Gasteiger partial charge in [-0.1, -0.05) is 212 Å². The largest absolute Gasteiger partial charge is 0.339 e. The van der Waals surface area contributed by atoms with Gasteiger partial charge in [-0.25, -0.2) is 0 Å². The van der Waals surface area contributed by atoms with E-state index >= 15 is 0 Å². The molecule has 680 valence electrons. The highest BCUT2D eigenvalue weighted by molar-refractivity contribution is 6.72. The molecule has 14 nitrogen and oxygen atoms in total. The van der Waals surface area contributed by atoms with Crippen molar-refractivity contribution < 1.29 is 24.0 Å². The number of aryl methyl sites for hydroxylation is 12. The Morgan fingerprint density at radius 1 is 0.278 bits per heavy atom. The molecule has 6 heterocycles. The van der Waals surface area contributed by atoms with Crippen LogP contribution in [0.5, 0.6) is 0 Å². The van der Waals surface area contributed by atoms with Gasteiger partial charge in [0, 0.05) is 135 Å². The van der Waals surface area contributed by atoms with Crippen molar-refractivity contribution in [2.45, 2.75) is 278 Å². The van der Waals surface area contributed by atoms with Crippen LogP contribution in [0.3, 0.4) is 0 Å². The topological polar surface area (TPSA) is 172 Å². The normalized spacial score (nSPS) is 10.2.